The monoisotopic (exact) mass is 332 g/mol. The Hall–Kier alpha value is -2.16. The normalized spacial score (nSPS) is 11.5. The molecule has 0 aliphatic carbocycles. The van der Waals surface area contributed by atoms with E-state index < -0.39 is 10.0 Å². The van der Waals surface area contributed by atoms with Crippen LogP contribution < -0.4 is 4.72 Å². The Morgan fingerprint density at radius 2 is 1.77 bits per heavy atom. The summed E-state index contributed by atoms with van der Waals surface area (Å²) in [6, 6.07) is 9.37. The van der Waals surface area contributed by atoms with E-state index in [-0.39, 0.29) is 11.4 Å². The fourth-order valence-electron chi connectivity index (χ4n) is 1.77. The lowest BCUT2D eigenvalue weighted by Crippen LogP contribution is -2.23. The second-order valence-corrected chi connectivity index (χ2v) is 6.90. The highest BCUT2D eigenvalue weighted by atomic mass is 32.2. The average Bonchev–Trinajstić information content (AvgIpc) is 3.08. The Balaban J connectivity index is 1.77. The molecule has 1 N–H and O–H groups in total. The van der Waals surface area contributed by atoms with E-state index in [9.17, 15) is 8.42 Å². The van der Waals surface area contributed by atoms with Gasteiger partial charge >= 0.3 is 0 Å². The number of nitrogens with one attached hydrogen (secondary N) is 1. The number of sulfonamides is 1. The van der Waals surface area contributed by atoms with E-state index in [1.807, 2.05) is 30.3 Å². The van der Waals surface area contributed by atoms with E-state index in [1.54, 1.807) is 10.9 Å². The van der Waals surface area contributed by atoms with E-state index in [0.29, 0.717) is 11.5 Å². The van der Waals surface area contributed by atoms with Crippen LogP contribution in [0.5, 0.6) is 0 Å². The van der Waals surface area contributed by atoms with Crippen LogP contribution in [0.4, 0.5) is 0 Å². The first-order valence-corrected chi connectivity index (χ1v) is 8.82. The highest BCUT2D eigenvalue weighted by Crippen LogP contribution is 2.15. The molecule has 0 saturated carbocycles. The lowest BCUT2D eigenvalue weighted by molar-refractivity contribution is 0.579. The summed E-state index contributed by atoms with van der Waals surface area (Å²) in [6.07, 6.45) is 2.61. The number of hydrogen-bond acceptors (Lipinski definition) is 6. The van der Waals surface area contributed by atoms with E-state index >= 15 is 0 Å². The maximum absolute atomic E-state index is 12.2. The number of rotatable bonds is 5. The molecule has 0 spiro atoms. The van der Waals surface area contributed by atoms with E-state index in [0.717, 1.165) is 5.56 Å². The topological polar surface area (TPSA) is 84.8 Å². The number of thiazole rings is 1. The summed E-state index contributed by atoms with van der Waals surface area (Å²) in [6.45, 7) is 0.145. The third-order valence-electron chi connectivity index (χ3n) is 2.90. The molecule has 0 saturated heterocycles. The third kappa shape index (κ3) is 3.35. The molecule has 1 aromatic carbocycles. The van der Waals surface area contributed by atoms with Crippen molar-refractivity contribution >= 4 is 21.4 Å². The molecule has 0 aliphatic rings. The zero-order valence-electron chi connectivity index (χ0n) is 11.4. The molecule has 2 heterocycles. The molecule has 3 rings (SSSR count). The largest absolute Gasteiger partial charge is 0.248 e. The molecule has 2 aromatic heterocycles. The second kappa shape index (κ2) is 6.30. The molecule has 0 bridgehead atoms. The third-order valence-corrected chi connectivity index (χ3v) is 4.89. The summed E-state index contributed by atoms with van der Waals surface area (Å²) in [5, 5.41) is 1.79. The molecular formula is C14H12N4O2S2. The van der Waals surface area contributed by atoms with Gasteiger partial charge in [0.2, 0.25) is 10.0 Å². The van der Waals surface area contributed by atoms with Crippen molar-refractivity contribution in [3.05, 3.63) is 59.3 Å². The van der Waals surface area contributed by atoms with Gasteiger partial charge < -0.3 is 0 Å². The van der Waals surface area contributed by atoms with Crippen LogP contribution in [0.1, 0.15) is 5.69 Å². The Morgan fingerprint density at radius 3 is 2.41 bits per heavy atom. The smallest absolute Gasteiger partial charge is 0.243 e. The van der Waals surface area contributed by atoms with Crippen molar-refractivity contribution in [2.75, 3.05) is 0 Å². The van der Waals surface area contributed by atoms with Crippen molar-refractivity contribution in [1.29, 1.82) is 0 Å². The highest BCUT2D eigenvalue weighted by Gasteiger charge is 2.15. The van der Waals surface area contributed by atoms with Gasteiger partial charge in [0.25, 0.3) is 0 Å². The van der Waals surface area contributed by atoms with Gasteiger partial charge in [0.15, 0.2) is 5.82 Å². The van der Waals surface area contributed by atoms with Crippen molar-refractivity contribution in [2.45, 2.75) is 11.4 Å². The second-order valence-electron chi connectivity index (χ2n) is 4.41. The van der Waals surface area contributed by atoms with E-state index in [4.69, 9.17) is 0 Å². The Kier molecular flexibility index (Phi) is 4.23. The van der Waals surface area contributed by atoms with Gasteiger partial charge in [-0.1, -0.05) is 30.3 Å². The first-order chi connectivity index (χ1) is 10.6. The van der Waals surface area contributed by atoms with Crippen molar-refractivity contribution in [3.63, 3.8) is 0 Å². The standard InChI is InChI=1S/C14H12N4O2S2/c19-22(20,18-6-12-9-21-10-17-12)13-7-15-14(16-8-13)11-4-2-1-3-5-11/h1-5,7-10,18H,6H2. The number of benzene rings is 1. The maximum Gasteiger partial charge on any atom is 0.243 e. The molecule has 3 aromatic rings. The molecule has 0 aliphatic heterocycles. The number of nitrogens with zero attached hydrogens (tertiary/aromatic N) is 3. The summed E-state index contributed by atoms with van der Waals surface area (Å²) in [5.41, 5.74) is 3.17. The Morgan fingerprint density at radius 1 is 1.05 bits per heavy atom. The van der Waals surface area contributed by atoms with E-state index in [2.05, 4.69) is 19.7 Å². The predicted octanol–water partition coefficient (Wildman–Crippen LogP) is 2.08. The molecular weight excluding hydrogens is 320 g/mol. The van der Waals surface area contributed by atoms with Crippen molar-refractivity contribution < 1.29 is 8.42 Å². The first kappa shape index (κ1) is 14.8. The zero-order chi connectivity index (χ0) is 15.4. The van der Waals surface area contributed by atoms with Crippen LogP contribution >= 0.6 is 11.3 Å². The van der Waals surface area contributed by atoms with Crippen LogP contribution in [0.2, 0.25) is 0 Å². The van der Waals surface area contributed by atoms with Gasteiger partial charge in [0, 0.05) is 10.9 Å². The summed E-state index contributed by atoms with van der Waals surface area (Å²) in [7, 11) is -3.65. The van der Waals surface area contributed by atoms with Crippen molar-refractivity contribution in [1.82, 2.24) is 19.7 Å². The summed E-state index contributed by atoms with van der Waals surface area (Å²) >= 11 is 1.41. The van der Waals surface area contributed by atoms with Crippen molar-refractivity contribution in [2.24, 2.45) is 0 Å². The quantitative estimate of drug-likeness (QED) is 0.773. The van der Waals surface area contributed by atoms with Gasteiger partial charge in [-0.3, -0.25) is 0 Å². The van der Waals surface area contributed by atoms with Crippen LogP contribution in [0, 0.1) is 0 Å². The van der Waals surface area contributed by atoms with Gasteiger partial charge in [-0.15, -0.1) is 11.3 Å². The fourth-order valence-corrected chi connectivity index (χ4v) is 3.21. The minimum absolute atomic E-state index is 0.0300. The molecule has 6 nitrogen and oxygen atoms in total. The molecule has 112 valence electrons. The predicted molar refractivity (Wildman–Crippen MR) is 83.6 cm³/mol. The van der Waals surface area contributed by atoms with Gasteiger partial charge in [-0.05, 0) is 0 Å². The van der Waals surface area contributed by atoms with Gasteiger partial charge in [-0.2, -0.15) is 0 Å². The molecule has 0 atom stereocenters. The van der Waals surface area contributed by atoms with Crippen LogP contribution in [0.25, 0.3) is 11.4 Å². The summed E-state index contributed by atoms with van der Waals surface area (Å²) in [5.74, 6) is 0.485. The fraction of sp³-hybridized carbons (Fsp3) is 0.0714. The van der Waals surface area contributed by atoms with E-state index in [1.165, 1.54) is 23.7 Å². The highest BCUT2D eigenvalue weighted by molar-refractivity contribution is 7.89. The number of aromatic nitrogens is 3. The molecule has 0 fully saturated rings. The number of hydrogen-bond donors (Lipinski definition) is 1. The minimum atomic E-state index is -3.65. The average molecular weight is 332 g/mol. The van der Waals surface area contributed by atoms with Gasteiger partial charge in [-0.25, -0.2) is 28.1 Å². The van der Waals surface area contributed by atoms with Gasteiger partial charge in [0.1, 0.15) is 4.90 Å². The lowest BCUT2D eigenvalue weighted by atomic mass is 10.2. The Bertz CT molecular complexity index is 832. The maximum atomic E-state index is 12.2. The SMILES string of the molecule is O=S(=O)(NCc1cscn1)c1cnc(-c2ccccc2)nc1. The molecule has 0 amide bonds. The lowest BCUT2D eigenvalue weighted by Gasteiger charge is -2.05. The zero-order valence-corrected chi connectivity index (χ0v) is 13.0. The minimum Gasteiger partial charge on any atom is -0.248 e. The van der Waals surface area contributed by atoms with Crippen LogP contribution in [-0.4, -0.2) is 23.4 Å². The molecule has 8 heteroatoms. The molecule has 0 radical (unpaired) electrons. The Labute approximate surface area is 132 Å². The molecule has 0 unspecified atom stereocenters. The molecule has 22 heavy (non-hydrogen) atoms. The summed E-state index contributed by atoms with van der Waals surface area (Å²) < 4.78 is 26.8. The van der Waals surface area contributed by atoms with Crippen LogP contribution in [-0.2, 0) is 16.6 Å². The van der Waals surface area contributed by atoms with Crippen LogP contribution in [0.15, 0.2) is 58.5 Å². The first-order valence-electron chi connectivity index (χ1n) is 6.39. The van der Waals surface area contributed by atoms with Gasteiger partial charge in [0.05, 0.1) is 30.1 Å². The van der Waals surface area contributed by atoms with Crippen LogP contribution in [0.3, 0.4) is 0 Å². The van der Waals surface area contributed by atoms with Crippen molar-refractivity contribution in [3.8, 4) is 11.4 Å². The summed E-state index contributed by atoms with van der Waals surface area (Å²) in [4.78, 5) is 12.3.